The Morgan fingerprint density at radius 2 is 1.87 bits per heavy atom. The van der Waals surface area contributed by atoms with Crippen LogP contribution in [-0.4, -0.2) is 43.6 Å². The number of nitrogens with one attached hydrogen (secondary N) is 1. The van der Waals surface area contributed by atoms with Gasteiger partial charge in [-0.1, -0.05) is 11.6 Å². The van der Waals surface area contributed by atoms with Gasteiger partial charge in [-0.2, -0.15) is 0 Å². The standard InChI is InChI=1S/C21H18ClNO7/c1-11(19(25)12-3-4-16-15(8-12)23-18(24)10-29-16)30-21(26)13-7-14(22)20-17(9-13)27-5-2-6-28-20/h3-4,7-9,11H,2,5-6,10H2,1H3,(H,23,24)/t11-/m1/s1. The fourth-order valence-electron chi connectivity index (χ4n) is 3.10. The zero-order valence-electron chi connectivity index (χ0n) is 16.0. The van der Waals surface area contributed by atoms with E-state index in [0.717, 1.165) is 0 Å². The third-order valence-corrected chi connectivity index (χ3v) is 4.87. The van der Waals surface area contributed by atoms with Crippen LogP contribution in [0.25, 0.3) is 0 Å². The van der Waals surface area contributed by atoms with E-state index < -0.39 is 17.9 Å². The van der Waals surface area contributed by atoms with Crippen LogP contribution in [0.3, 0.4) is 0 Å². The molecule has 2 heterocycles. The summed E-state index contributed by atoms with van der Waals surface area (Å²) in [6.45, 7) is 2.30. The van der Waals surface area contributed by atoms with Gasteiger partial charge in [0.25, 0.3) is 5.91 Å². The number of hydrogen-bond donors (Lipinski definition) is 1. The number of hydrogen-bond acceptors (Lipinski definition) is 7. The van der Waals surface area contributed by atoms with Crippen molar-refractivity contribution in [3.63, 3.8) is 0 Å². The third kappa shape index (κ3) is 4.04. The van der Waals surface area contributed by atoms with Crippen molar-refractivity contribution in [2.75, 3.05) is 25.1 Å². The van der Waals surface area contributed by atoms with Crippen molar-refractivity contribution in [3.05, 3.63) is 46.5 Å². The number of rotatable bonds is 4. The Hall–Kier alpha value is -3.26. The first-order chi connectivity index (χ1) is 14.4. The van der Waals surface area contributed by atoms with E-state index in [9.17, 15) is 14.4 Å². The number of carbonyl (C=O) groups excluding carboxylic acids is 3. The fourth-order valence-corrected chi connectivity index (χ4v) is 3.37. The smallest absolute Gasteiger partial charge is 0.339 e. The van der Waals surface area contributed by atoms with Gasteiger partial charge in [0.1, 0.15) is 5.75 Å². The topological polar surface area (TPSA) is 100 Å². The largest absolute Gasteiger partial charge is 0.489 e. The molecule has 9 heteroatoms. The highest BCUT2D eigenvalue weighted by molar-refractivity contribution is 6.32. The van der Waals surface area contributed by atoms with Gasteiger partial charge in [0.2, 0.25) is 5.78 Å². The molecular formula is C21H18ClNO7. The van der Waals surface area contributed by atoms with E-state index in [1.807, 2.05) is 0 Å². The Morgan fingerprint density at radius 1 is 1.07 bits per heavy atom. The summed E-state index contributed by atoms with van der Waals surface area (Å²) in [6, 6.07) is 7.52. The highest BCUT2D eigenvalue weighted by atomic mass is 35.5. The average molecular weight is 432 g/mol. The van der Waals surface area contributed by atoms with Crippen LogP contribution in [0.5, 0.6) is 17.2 Å². The van der Waals surface area contributed by atoms with Crippen LogP contribution in [0.2, 0.25) is 5.02 Å². The quantitative estimate of drug-likeness (QED) is 0.585. The summed E-state index contributed by atoms with van der Waals surface area (Å²) >= 11 is 6.21. The van der Waals surface area contributed by atoms with Crippen molar-refractivity contribution < 1.29 is 33.3 Å². The molecule has 0 aliphatic carbocycles. The normalized spacial score (nSPS) is 15.7. The van der Waals surface area contributed by atoms with Gasteiger partial charge in [0.15, 0.2) is 24.2 Å². The molecule has 0 aromatic heterocycles. The molecule has 1 atom stereocenters. The molecule has 0 spiro atoms. The first kappa shape index (κ1) is 20.0. The number of carbonyl (C=O) groups is 3. The van der Waals surface area contributed by atoms with Crippen LogP contribution in [0, 0.1) is 0 Å². The number of esters is 1. The number of halogens is 1. The molecule has 2 aliphatic rings. The predicted octanol–water partition coefficient (Wildman–Crippen LogP) is 3.26. The first-order valence-corrected chi connectivity index (χ1v) is 9.71. The maximum atomic E-state index is 12.7. The molecule has 30 heavy (non-hydrogen) atoms. The van der Waals surface area contributed by atoms with Crippen molar-refractivity contribution in [1.29, 1.82) is 0 Å². The van der Waals surface area contributed by atoms with Crippen molar-refractivity contribution in [2.24, 2.45) is 0 Å². The zero-order chi connectivity index (χ0) is 21.3. The lowest BCUT2D eigenvalue weighted by molar-refractivity contribution is -0.118. The van der Waals surface area contributed by atoms with E-state index in [-0.39, 0.29) is 28.7 Å². The number of benzene rings is 2. The molecule has 0 fully saturated rings. The Morgan fingerprint density at radius 3 is 2.70 bits per heavy atom. The number of fused-ring (bicyclic) bond motifs is 2. The number of amides is 1. The number of ketones is 1. The van der Waals surface area contributed by atoms with Crippen molar-refractivity contribution in [1.82, 2.24) is 0 Å². The van der Waals surface area contributed by atoms with Crippen LogP contribution in [0.4, 0.5) is 5.69 Å². The Balaban J connectivity index is 1.49. The van der Waals surface area contributed by atoms with Crippen molar-refractivity contribution in [2.45, 2.75) is 19.4 Å². The maximum absolute atomic E-state index is 12.7. The minimum atomic E-state index is -1.06. The molecule has 0 bridgehead atoms. The van der Waals surface area contributed by atoms with Gasteiger partial charge in [0.05, 0.1) is 29.5 Å². The van der Waals surface area contributed by atoms with Gasteiger partial charge < -0.3 is 24.3 Å². The highest BCUT2D eigenvalue weighted by Gasteiger charge is 2.25. The van der Waals surface area contributed by atoms with Gasteiger partial charge in [0, 0.05) is 12.0 Å². The molecule has 1 amide bonds. The summed E-state index contributed by atoms with van der Waals surface area (Å²) in [6.07, 6.45) is -0.367. The average Bonchev–Trinajstić information content (AvgIpc) is 2.98. The number of Topliss-reactive ketones (excluding diaryl/α,β-unsaturated/α-hetero) is 1. The van der Waals surface area contributed by atoms with Gasteiger partial charge in [-0.3, -0.25) is 9.59 Å². The molecule has 2 aromatic carbocycles. The lowest BCUT2D eigenvalue weighted by atomic mass is 10.1. The van der Waals surface area contributed by atoms with E-state index in [1.54, 1.807) is 12.1 Å². The van der Waals surface area contributed by atoms with Crippen LogP contribution >= 0.6 is 11.6 Å². The number of anilines is 1. The third-order valence-electron chi connectivity index (χ3n) is 4.59. The summed E-state index contributed by atoms with van der Waals surface area (Å²) < 4.78 is 21.7. The zero-order valence-corrected chi connectivity index (χ0v) is 16.8. The second kappa shape index (κ2) is 8.23. The monoisotopic (exact) mass is 431 g/mol. The molecule has 2 aromatic rings. The first-order valence-electron chi connectivity index (χ1n) is 9.33. The van der Waals surface area contributed by atoms with Crippen molar-refractivity contribution >= 4 is 34.9 Å². The van der Waals surface area contributed by atoms with Gasteiger partial charge >= 0.3 is 5.97 Å². The molecule has 8 nitrogen and oxygen atoms in total. The molecule has 4 rings (SSSR count). The van der Waals surface area contributed by atoms with Crippen LogP contribution in [0.15, 0.2) is 30.3 Å². The molecule has 0 radical (unpaired) electrons. The van der Waals surface area contributed by atoms with Gasteiger partial charge in [-0.05, 0) is 37.3 Å². The molecular weight excluding hydrogens is 414 g/mol. The summed E-state index contributed by atoms with van der Waals surface area (Å²) in [5, 5.41) is 2.86. The van der Waals surface area contributed by atoms with E-state index in [1.165, 1.54) is 25.1 Å². The molecule has 0 saturated carbocycles. The second-order valence-corrected chi connectivity index (χ2v) is 7.20. The van der Waals surface area contributed by atoms with Crippen LogP contribution in [-0.2, 0) is 9.53 Å². The van der Waals surface area contributed by atoms with Gasteiger partial charge in [-0.15, -0.1) is 0 Å². The summed E-state index contributed by atoms with van der Waals surface area (Å²) in [5.41, 5.74) is 0.817. The summed E-state index contributed by atoms with van der Waals surface area (Å²) in [4.78, 5) is 36.8. The van der Waals surface area contributed by atoms with Gasteiger partial charge in [-0.25, -0.2) is 4.79 Å². The molecule has 156 valence electrons. The molecule has 0 saturated heterocycles. The Labute approximate surface area is 177 Å². The lowest BCUT2D eigenvalue weighted by Gasteiger charge is -2.19. The summed E-state index contributed by atoms with van der Waals surface area (Å²) in [7, 11) is 0. The number of ether oxygens (including phenoxy) is 4. The predicted molar refractivity (Wildman–Crippen MR) is 107 cm³/mol. The van der Waals surface area contributed by atoms with E-state index in [4.69, 9.17) is 30.5 Å². The maximum Gasteiger partial charge on any atom is 0.339 e. The molecule has 1 N–H and O–H groups in total. The second-order valence-electron chi connectivity index (χ2n) is 6.80. The highest BCUT2D eigenvalue weighted by Crippen LogP contribution is 2.38. The van der Waals surface area contributed by atoms with E-state index >= 15 is 0 Å². The lowest BCUT2D eigenvalue weighted by Crippen LogP contribution is -2.27. The minimum Gasteiger partial charge on any atom is -0.489 e. The Kier molecular flexibility index (Phi) is 5.50. The summed E-state index contributed by atoms with van der Waals surface area (Å²) in [5.74, 6) is -0.241. The van der Waals surface area contributed by atoms with E-state index in [2.05, 4.69) is 5.32 Å². The minimum absolute atomic E-state index is 0.0770. The SMILES string of the molecule is C[C@@H](OC(=O)c1cc(Cl)c2c(c1)OCCCO2)C(=O)c1ccc2c(c1)NC(=O)CO2. The van der Waals surface area contributed by atoms with Crippen molar-refractivity contribution in [3.8, 4) is 17.2 Å². The van der Waals surface area contributed by atoms with E-state index in [0.29, 0.717) is 42.6 Å². The fraction of sp³-hybridized carbons (Fsp3) is 0.286. The molecule has 0 unspecified atom stereocenters. The molecule has 2 aliphatic heterocycles. The van der Waals surface area contributed by atoms with Crippen LogP contribution < -0.4 is 19.5 Å². The van der Waals surface area contributed by atoms with Crippen LogP contribution in [0.1, 0.15) is 34.1 Å². The Bertz CT molecular complexity index is 1040.